The zero-order valence-corrected chi connectivity index (χ0v) is 19.9. The summed E-state index contributed by atoms with van der Waals surface area (Å²) in [6, 6.07) is 6.92. The molecule has 11 nitrogen and oxygen atoms in total. The first-order valence-corrected chi connectivity index (χ1v) is 11.7. The Bertz CT molecular complexity index is 1270. The van der Waals surface area contributed by atoms with E-state index in [2.05, 4.69) is 14.9 Å². The van der Waals surface area contributed by atoms with Crippen molar-refractivity contribution in [2.24, 2.45) is 7.05 Å². The van der Waals surface area contributed by atoms with E-state index in [0.29, 0.717) is 26.1 Å². The molecule has 2 aliphatic heterocycles. The van der Waals surface area contributed by atoms with E-state index in [1.54, 1.807) is 34.8 Å². The van der Waals surface area contributed by atoms with Crippen LogP contribution in [0.1, 0.15) is 23.9 Å². The number of amides is 1. The van der Waals surface area contributed by atoms with Crippen LogP contribution in [-0.2, 0) is 31.4 Å². The van der Waals surface area contributed by atoms with E-state index in [-0.39, 0.29) is 16.5 Å². The lowest BCUT2D eigenvalue weighted by atomic mass is 10.1. The number of anilines is 1. The van der Waals surface area contributed by atoms with Crippen molar-refractivity contribution in [2.75, 3.05) is 37.6 Å². The number of nitro groups is 1. The van der Waals surface area contributed by atoms with Crippen LogP contribution in [0.3, 0.4) is 0 Å². The van der Waals surface area contributed by atoms with Gasteiger partial charge < -0.3 is 9.80 Å². The predicted octanol–water partition coefficient (Wildman–Crippen LogP) is 2.01. The number of hydrogen-bond donors (Lipinski definition) is 0. The molecule has 0 bridgehead atoms. The standard InChI is InChI=1S/C24H28N8O3/c1-17(33)31-8-7-20-21(16-31)26-23(19-13-25-28(2)14-19)24(27-20)30-11-9-29(10-12-30)15-18-5-3-4-6-22(18)32(34)35/h3-6,13-14H,7-12,15-16H2,1-2H3. The Kier molecular flexibility index (Phi) is 6.16. The quantitative estimate of drug-likeness (QED) is 0.406. The van der Waals surface area contributed by atoms with Gasteiger partial charge >= 0.3 is 0 Å². The minimum absolute atomic E-state index is 0.0410. The van der Waals surface area contributed by atoms with Crippen LogP contribution in [0.4, 0.5) is 11.5 Å². The third-order valence-corrected chi connectivity index (χ3v) is 6.67. The molecular formula is C24H28N8O3. The topological polar surface area (TPSA) is 114 Å². The van der Waals surface area contributed by atoms with Gasteiger partial charge in [0.2, 0.25) is 5.91 Å². The molecule has 0 N–H and O–H groups in total. The summed E-state index contributed by atoms with van der Waals surface area (Å²) in [5.74, 6) is 0.873. The second-order valence-corrected chi connectivity index (χ2v) is 9.03. The van der Waals surface area contributed by atoms with Crippen molar-refractivity contribution >= 4 is 17.4 Å². The Labute approximate surface area is 203 Å². The van der Waals surface area contributed by atoms with Gasteiger partial charge in [0.15, 0.2) is 5.82 Å². The van der Waals surface area contributed by atoms with E-state index in [0.717, 1.165) is 60.2 Å². The number of aryl methyl sites for hydroxylation is 1. The molecule has 1 fully saturated rings. The number of fused-ring (bicyclic) bond motifs is 1. The molecule has 0 saturated carbocycles. The third kappa shape index (κ3) is 4.72. The number of benzene rings is 1. The Balaban J connectivity index is 1.38. The van der Waals surface area contributed by atoms with Crippen molar-refractivity contribution in [3.05, 3.63) is 63.7 Å². The van der Waals surface area contributed by atoms with Gasteiger partial charge in [-0.15, -0.1) is 0 Å². The zero-order valence-electron chi connectivity index (χ0n) is 19.9. The molecule has 0 aliphatic carbocycles. The van der Waals surface area contributed by atoms with Crippen LogP contribution in [0.5, 0.6) is 0 Å². The van der Waals surface area contributed by atoms with Crippen LogP contribution >= 0.6 is 0 Å². The Morgan fingerprint density at radius 1 is 1.09 bits per heavy atom. The van der Waals surface area contributed by atoms with Gasteiger partial charge in [0, 0.05) is 83.1 Å². The molecule has 0 radical (unpaired) electrons. The summed E-state index contributed by atoms with van der Waals surface area (Å²) in [6.07, 6.45) is 4.40. The highest BCUT2D eigenvalue weighted by atomic mass is 16.6. The number of nitro benzene ring substituents is 1. The molecule has 0 unspecified atom stereocenters. The van der Waals surface area contributed by atoms with Gasteiger partial charge in [-0.2, -0.15) is 5.10 Å². The molecule has 2 aliphatic rings. The number of nitrogens with zero attached hydrogens (tertiary/aromatic N) is 8. The van der Waals surface area contributed by atoms with Crippen molar-refractivity contribution in [3.63, 3.8) is 0 Å². The number of carbonyl (C=O) groups is 1. The smallest absolute Gasteiger partial charge is 0.273 e. The maximum atomic E-state index is 11.9. The molecule has 1 amide bonds. The predicted molar refractivity (Wildman–Crippen MR) is 130 cm³/mol. The van der Waals surface area contributed by atoms with Crippen LogP contribution in [0.25, 0.3) is 11.3 Å². The Hall–Kier alpha value is -3.86. The van der Waals surface area contributed by atoms with Crippen molar-refractivity contribution in [1.29, 1.82) is 0 Å². The van der Waals surface area contributed by atoms with Gasteiger partial charge in [-0.25, -0.2) is 9.97 Å². The number of piperazine rings is 1. The Morgan fingerprint density at radius 3 is 2.54 bits per heavy atom. The zero-order chi connectivity index (χ0) is 24.5. The van der Waals surface area contributed by atoms with Crippen molar-refractivity contribution in [2.45, 2.75) is 26.4 Å². The second-order valence-electron chi connectivity index (χ2n) is 9.03. The van der Waals surface area contributed by atoms with Crippen molar-refractivity contribution in [1.82, 2.24) is 29.5 Å². The molecule has 5 rings (SSSR count). The lowest BCUT2D eigenvalue weighted by Crippen LogP contribution is -2.46. The summed E-state index contributed by atoms with van der Waals surface area (Å²) in [5, 5.41) is 15.7. The van der Waals surface area contributed by atoms with Crippen LogP contribution < -0.4 is 4.90 Å². The molecule has 2 aromatic heterocycles. The van der Waals surface area contributed by atoms with Crippen molar-refractivity contribution < 1.29 is 9.72 Å². The number of rotatable bonds is 5. The van der Waals surface area contributed by atoms with Gasteiger partial charge in [-0.3, -0.25) is 24.5 Å². The lowest BCUT2D eigenvalue weighted by molar-refractivity contribution is -0.385. The largest absolute Gasteiger partial charge is 0.352 e. The molecule has 4 heterocycles. The number of carbonyl (C=O) groups excluding carboxylic acids is 1. The number of para-hydroxylation sites is 1. The summed E-state index contributed by atoms with van der Waals surface area (Å²) in [7, 11) is 1.87. The van der Waals surface area contributed by atoms with E-state index < -0.39 is 0 Å². The number of hydrogen-bond acceptors (Lipinski definition) is 8. The SMILES string of the molecule is CC(=O)N1CCc2nc(N3CCN(Cc4ccccc4[N+](=O)[O-])CC3)c(-c3cnn(C)c3)nc2C1. The maximum absolute atomic E-state index is 11.9. The van der Waals surface area contributed by atoms with Crippen LogP contribution in [0, 0.1) is 10.1 Å². The molecule has 1 saturated heterocycles. The van der Waals surface area contributed by atoms with Gasteiger partial charge in [0.25, 0.3) is 5.69 Å². The molecule has 35 heavy (non-hydrogen) atoms. The van der Waals surface area contributed by atoms with Gasteiger partial charge in [0.05, 0.1) is 29.1 Å². The second kappa shape index (κ2) is 9.41. The van der Waals surface area contributed by atoms with E-state index in [9.17, 15) is 14.9 Å². The Morgan fingerprint density at radius 2 is 1.86 bits per heavy atom. The summed E-state index contributed by atoms with van der Waals surface area (Å²) in [4.78, 5) is 39.3. The van der Waals surface area contributed by atoms with Crippen molar-refractivity contribution in [3.8, 4) is 11.3 Å². The first kappa shape index (κ1) is 22.9. The molecule has 3 aromatic rings. The van der Waals surface area contributed by atoms with Gasteiger partial charge in [-0.05, 0) is 0 Å². The van der Waals surface area contributed by atoms with Crippen LogP contribution in [0.2, 0.25) is 0 Å². The summed E-state index contributed by atoms with van der Waals surface area (Å²) >= 11 is 0. The summed E-state index contributed by atoms with van der Waals surface area (Å²) in [5.41, 5.74) is 4.32. The highest BCUT2D eigenvalue weighted by molar-refractivity contribution is 5.74. The van der Waals surface area contributed by atoms with E-state index in [4.69, 9.17) is 9.97 Å². The van der Waals surface area contributed by atoms with Crippen LogP contribution in [-0.4, -0.2) is 73.1 Å². The van der Waals surface area contributed by atoms with Gasteiger partial charge in [-0.1, -0.05) is 18.2 Å². The summed E-state index contributed by atoms with van der Waals surface area (Å²) in [6.45, 7) is 6.23. The maximum Gasteiger partial charge on any atom is 0.273 e. The fourth-order valence-electron chi connectivity index (χ4n) is 4.73. The molecule has 0 spiro atoms. The minimum atomic E-state index is -0.318. The molecular weight excluding hydrogens is 448 g/mol. The highest BCUT2D eigenvalue weighted by Gasteiger charge is 2.28. The number of aromatic nitrogens is 4. The molecule has 11 heteroatoms. The molecule has 1 aromatic carbocycles. The highest BCUT2D eigenvalue weighted by Crippen LogP contribution is 2.31. The summed E-state index contributed by atoms with van der Waals surface area (Å²) < 4.78 is 1.74. The third-order valence-electron chi connectivity index (χ3n) is 6.67. The van der Waals surface area contributed by atoms with E-state index in [1.807, 2.05) is 25.4 Å². The fourth-order valence-corrected chi connectivity index (χ4v) is 4.73. The lowest BCUT2D eigenvalue weighted by Gasteiger charge is -2.36. The first-order chi connectivity index (χ1) is 16.9. The molecule has 182 valence electrons. The van der Waals surface area contributed by atoms with Crippen LogP contribution in [0.15, 0.2) is 36.7 Å². The van der Waals surface area contributed by atoms with E-state index >= 15 is 0 Å². The minimum Gasteiger partial charge on any atom is -0.352 e. The average molecular weight is 477 g/mol. The first-order valence-electron chi connectivity index (χ1n) is 11.7. The van der Waals surface area contributed by atoms with Gasteiger partial charge in [0.1, 0.15) is 5.69 Å². The monoisotopic (exact) mass is 476 g/mol. The average Bonchev–Trinajstić information content (AvgIpc) is 3.29. The molecule has 0 atom stereocenters. The normalized spacial score (nSPS) is 16.3. The van der Waals surface area contributed by atoms with E-state index in [1.165, 1.54) is 0 Å². The fraction of sp³-hybridized carbons (Fsp3) is 0.417.